The van der Waals surface area contributed by atoms with E-state index < -0.39 is 18.1 Å². The second-order valence-electron chi connectivity index (χ2n) is 5.22. The fraction of sp³-hybridized carbons (Fsp3) is 0.267. The van der Waals surface area contributed by atoms with Gasteiger partial charge in [-0.1, -0.05) is 30.3 Å². The Balaban J connectivity index is 1.90. The predicted octanol–water partition coefficient (Wildman–Crippen LogP) is 1.42. The van der Waals surface area contributed by atoms with Gasteiger partial charge in [-0.2, -0.15) is 0 Å². The van der Waals surface area contributed by atoms with Crippen molar-refractivity contribution in [1.29, 1.82) is 0 Å². The minimum absolute atomic E-state index is 0.0362. The Bertz CT molecular complexity index is 711. The van der Waals surface area contributed by atoms with Gasteiger partial charge in [-0.3, -0.25) is 4.90 Å². The molecule has 1 unspecified atom stereocenters. The average molecular weight is 301 g/mol. The number of carboxylic acids is 1. The summed E-state index contributed by atoms with van der Waals surface area (Å²) in [6, 6.07) is 8.67. The fourth-order valence-corrected chi connectivity index (χ4v) is 2.70. The van der Waals surface area contributed by atoms with Crippen molar-refractivity contribution in [2.45, 2.75) is 25.6 Å². The van der Waals surface area contributed by atoms with Gasteiger partial charge in [0.05, 0.1) is 24.3 Å². The molecular weight excluding hydrogens is 286 g/mol. The Kier molecular flexibility index (Phi) is 3.54. The SMILES string of the molecule is O=C(O)C1Cc2ncn(Cc3ccccc3)c2CN1C(=O)O. The highest BCUT2D eigenvalue weighted by Gasteiger charge is 2.36. The number of rotatable bonds is 3. The van der Waals surface area contributed by atoms with Gasteiger partial charge in [0.1, 0.15) is 6.04 Å². The highest BCUT2D eigenvalue weighted by atomic mass is 16.4. The van der Waals surface area contributed by atoms with Crippen LogP contribution in [-0.4, -0.2) is 42.8 Å². The van der Waals surface area contributed by atoms with Crippen LogP contribution in [0.3, 0.4) is 0 Å². The van der Waals surface area contributed by atoms with E-state index in [0.29, 0.717) is 12.2 Å². The molecule has 0 saturated carbocycles. The van der Waals surface area contributed by atoms with Crippen molar-refractivity contribution in [3.8, 4) is 0 Å². The molecule has 0 bridgehead atoms. The molecule has 0 saturated heterocycles. The highest BCUT2D eigenvalue weighted by Crippen LogP contribution is 2.23. The van der Waals surface area contributed by atoms with Gasteiger partial charge in [-0.15, -0.1) is 0 Å². The second-order valence-corrected chi connectivity index (χ2v) is 5.22. The zero-order valence-electron chi connectivity index (χ0n) is 11.7. The minimum atomic E-state index is -1.23. The normalized spacial score (nSPS) is 17.1. The molecule has 2 N–H and O–H groups in total. The Labute approximate surface area is 126 Å². The largest absolute Gasteiger partial charge is 0.480 e. The lowest BCUT2D eigenvalue weighted by Crippen LogP contribution is -2.48. The summed E-state index contributed by atoms with van der Waals surface area (Å²) in [5.41, 5.74) is 2.48. The maximum Gasteiger partial charge on any atom is 0.408 e. The third-order valence-electron chi connectivity index (χ3n) is 3.84. The first-order valence-corrected chi connectivity index (χ1v) is 6.85. The van der Waals surface area contributed by atoms with Crippen LogP contribution >= 0.6 is 0 Å². The lowest BCUT2D eigenvalue weighted by atomic mass is 10.0. The summed E-state index contributed by atoms with van der Waals surface area (Å²) in [6.07, 6.45) is 0.506. The smallest absolute Gasteiger partial charge is 0.408 e. The Morgan fingerprint density at radius 2 is 1.95 bits per heavy atom. The van der Waals surface area contributed by atoms with Gasteiger partial charge < -0.3 is 14.8 Å². The van der Waals surface area contributed by atoms with Crippen molar-refractivity contribution in [2.24, 2.45) is 0 Å². The first-order valence-electron chi connectivity index (χ1n) is 6.85. The number of imidazole rings is 1. The molecule has 1 atom stereocenters. The van der Waals surface area contributed by atoms with Crippen LogP contribution in [0.15, 0.2) is 36.7 Å². The molecule has 2 heterocycles. The molecule has 3 rings (SSSR count). The van der Waals surface area contributed by atoms with E-state index in [1.807, 2.05) is 34.9 Å². The summed E-state index contributed by atoms with van der Waals surface area (Å²) in [4.78, 5) is 27.8. The maximum atomic E-state index is 11.3. The van der Waals surface area contributed by atoms with E-state index in [2.05, 4.69) is 4.98 Å². The van der Waals surface area contributed by atoms with Crippen LogP contribution in [0.4, 0.5) is 4.79 Å². The molecular formula is C15H15N3O4. The van der Waals surface area contributed by atoms with Crippen LogP contribution < -0.4 is 0 Å². The summed E-state index contributed by atoms with van der Waals surface area (Å²) >= 11 is 0. The standard InChI is InChI=1S/C15H15N3O4/c19-14(20)12-6-11-13(8-18(12)15(21)22)17(9-16-11)7-10-4-2-1-3-5-10/h1-5,9,12H,6-8H2,(H,19,20)(H,21,22). The average Bonchev–Trinajstić information content (AvgIpc) is 2.89. The third-order valence-corrected chi connectivity index (χ3v) is 3.84. The number of nitrogens with zero attached hydrogens (tertiary/aromatic N) is 3. The van der Waals surface area contributed by atoms with Crippen LogP contribution in [0.5, 0.6) is 0 Å². The molecule has 1 amide bonds. The summed E-state index contributed by atoms with van der Waals surface area (Å²) in [7, 11) is 0. The van der Waals surface area contributed by atoms with Crippen LogP contribution in [0, 0.1) is 0 Å². The molecule has 0 aliphatic carbocycles. The molecule has 1 aromatic heterocycles. The molecule has 0 fully saturated rings. The Hall–Kier alpha value is -2.83. The summed E-state index contributed by atoms with van der Waals surface area (Å²) in [6.45, 7) is 0.614. The van der Waals surface area contributed by atoms with Crippen molar-refractivity contribution in [3.63, 3.8) is 0 Å². The number of hydrogen-bond donors (Lipinski definition) is 2. The van der Waals surface area contributed by atoms with E-state index >= 15 is 0 Å². The van der Waals surface area contributed by atoms with Gasteiger partial charge in [0.2, 0.25) is 0 Å². The fourth-order valence-electron chi connectivity index (χ4n) is 2.70. The van der Waals surface area contributed by atoms with Gasteiger partial charge in [0.15, 0.2) is 0 Å². The summed E-state index contributed by atoms with van der Waals surface area (Å²) in [5.74, 6) is -1.15. The van der Waals surface area contributed by atoms with Crippen molar-refractivity contribution in [1.82, 2.24) is 14.5 Å². The summed E-state index contributed by atoms with van der Waals surface area (Å²) < 4.78 is 1.87. The number of amides is 1. The van der Waals surface area contributed by atoms with E-state index in [1.54, 1.807) is 6.33 Å². The monoisotopic (exact) mass is 301 g/mol. The highest BCUT2D eigenvalue weighted by molar-refractivity contribution is 5.80. The molecule has 1 aromatic carbocycles. The number of benzene rings is 1. The number of carbonyl (C=O) groups is 2. The van der Waals surface area contributed by atoms with Crippen LogP contribution in [0.25, 0.3) is 0 Å². The quantitative estimate of drug-likeness (QED) is 0.894. The number of carboxylic acid groups (broad SMARTS) is 2. The molecule has 7 heteroatoms. The molecule has 7 nitrogen and oxygen atoms in total. The van der Waals surface area contributed by atoms with Crippen molar-refractivity contribution in [3.05, 3.63) is 53.6 Å². The number of hydrogen-bond acceptors (Lipinski definition) is 3. The predicted molar refractivity (Wildman–Crippen MR) is 76.5 cm³/mol. The van der Waals surface area contributed by atoms with Gasteiger partial charge in [-0.05, 0) is 5.56 Å². The topological polar surface area (TPSA) is 95.7 Å². The van der Waals surface area contributed by atoms with E-state index in [0.717, 1.165) is 16.2 Å². The zero-order chi connectivity index (χ0) is 15.7. The number of aliphatic carboxylic acids is 1. The van der Waals surface area contributed by atoms with Crippen molar-refractivity contribution < 1.29 is 19.8 Å². The Morgan fingerprint density at radius 1 is 1.23 bits per heavy atom. The van der Waals surface area contributed by atoms with E-state index in [-0.39, 0.29) is 13.0 Å². The molecule has 2 aromatic rings. The van der Waals surface area contributed by atoms with E-state index in [4.69, 9.17) is 0 Å². The first-order chi connectivity index (χ1) is 10.6. The molecule has 22 heavy (non-hydrogen) atoms. The third kappa shape index (κ3) is 2.52. The van der Waals surface area contributed by atoms with Gasteiger partial charge in [-0.25, -0.2) is 14.6 Å². The van der Waals surface area contributed by atoms with Gasteiger partial charge >= 0.3 is 12.1 Å². The summed E-state index contributed by atoms with van der Waals surface area (Å²) in [5, 5.41) is 18.4. The van der Waals surface area contributed by atoms with E-state index in [9.17, 15) is 19.8 Å². The van der Waals surface area contributed by atoms with Gasteiger partial charge in [0, 0.05) is 13.0 Å². The second kappa shape index (κ2) is 5.51. The van der Waals surface area contributed by atoms with Gasteiger partial charge in [0.25, 0.3) is 0 Å². The van der Waals surface area contributed by atoms with Crippen LogP contribution in [0.1, 0.15) is 17.0 Å². The molecule has 0 spiro atoms. The lowest BCUT2D eigenvalue weighted by molar-refractivity contribution is -0.143. The van der Waals surface area contributed by atoms with Crippen LogP contribution in [-0.2, 0) is 24.3 Å². The zero-order valence-corrected chi connectivity index (χ0v) is 11.7. The molecule has 114 valence electrons. The van der Waals surface area contributed by atoms with Crippen molar-refractivity contribution in [2.75, 3.05) is 0 Å². The molecule has 1 aliphatic heterocycles. The maximum absolute atomic E-state index is 11.3. The minimum Gasteiger partial charge on any atom is -0.480 e. The van der Waals surface area contributed by atoms with E-state index in [1.165, 1.54) is 0 Å². The Morgan fingerprint density at radius 3 is 2.59 bits per heavy atom. The number of fused-ring (bicyclic) bond motifs is 1. The molecule has 1 aliphatic rings. The molecule has 0 radical (unpaired) electrons. The van der Waals surface area contributed by atoms with Crippen LogP contribution in [0.2, 0.25) is 0 Å². The lowest BCUT2D eigenvalue weighted by Gasteiger charge is -2.30. The van der Waals surface area contributed by atoms with Crippen molar-refractivity contribution >= 4 is 12.1 Å². The number of aromatic nitrogens is 2. The first kappa shape index (κ1) is 14.1.